The number of aliphatic carboxylic acids is 2. The van der Waals surface area contributed by atoms with E-state index in [1.54, 1.807) is 19.9 Å². The molecule has 0 aliphatic carbocycles. The van der Waals surface area contributed by atoms with Gasteiger partial charge in [-0.05, 0) is 69.8 Å². The van der Waals surface area contributed by atoms with Crippen LogP contribution in [-0.4, -0.2) is 76.9 Å². The highest BCUT2D eigenvalue weighted by molar-refractivity contribution is 5.84. The van der Waals surface area contributed by atoms with Gasteiger partial charge in [-0.2, -0.15) is 0 Å². The summed E-state index contributed by atoms with van der Waals surface area (Å²) < 4.78 is 6.10. The standard InChI is InChI=1S/C37H45N3O7/c1-26-35(3,33(41)42)32(28-11-10-16-31(25-28)40(45)46)37(34(43)44,27(2)38-26)19-23-47-24-22-39-20-17-36(18-21-39,29-12-6-4-7-13-29)30-14-8-5-9-15-30/h4-16,25-27,32,38H,17-24H2,1-3H3,(H,41,42)(H,43,44). The minimum atomic E-state index is -1.61. The number of rotatable bonds is 12. The van der Waals surface area contributed by atoms with Crippen LogP contribution in [0.1, 0.15) is 62.6 Å². The van der Waals surface area contributed by atoms with Gasteiger partial charge in [0.25, 0.3) is 5.69 Å². The summed E-state index contributed by atoms with van der Waals surface area (Å²) in [5.41, 5.74) is -0.500. The average molecular weight is 644 g/mol. The molecule has 2 aliphatic rings. The van der Waals surface area contributed by atoms with Crippen molar-refractivity contribution < 1.29 is 29.5 Å². The van der Waals surface area contributed by atoms with E-state index in [0.717, 1.165) is 25.9 Å². The number of carboxylic acid groups (broad SMARTS) is 2. The molecule has 2 fully saturated rings. The number of hydrogen-bond donors (Lipinski definition) is 3. The largest absolute Gasteiger partial charge is 0.481 e. The minimum Gasteiger partial charge on any atom is -0.481 e. The van der Waals surface area contributed by atoms with E-state index >= 15 is 0 Å². The van der Waals surface area contributed by atoms with Crippen molar-refractivity contribution in [1.29, 1.82) is 0 Å². The van der Waals surface area contributed by atoms with E-state index < -0.39 is 45.7 Å². The summed E-state index contributed by atoms with van der Waals surface area (Å²) >= 11 is 0. The third-order valence-electron chi connectivity index (χ3n) is 11.1. The van der Waals surface area contributed by atoms with Crippen LogP contribution < -0.4 is 5.32 Å². The Kier molecular flexibility index (Phi) is 10.1. The molecule has 3 N–H and O–H groups in total. The summed E-state index contributed by atoms with van der Waals surface area (Å²) in [6, 6.07) is 25.8. The number of nitro groups is 1. The molecule has 5 rings (SSSR count). The quantitative estimate of drug-likeness (QED) is 0.129. The van der Waals surface area contributed by atoms with Crippen LogP contribution in [0.3, 0.4) is 0 Å². The molecular formula is C37H45N3O7. The van der Waals surface area contributed by atoms with Crippen molar-refractivity contribution in [1.82, 2.24) is 10.2 Å². The number of carboxylic acids is 2. The number of nitrogens with one attached hydrogen (secondary N) is 1. The van der Waals surface area contributed by atoms with Gasteiger partial charge in [-0.25, -0.2) is 0 Å². The highest BCUT2D eigenvalue weighted by Crippen LogP contribution is 2.57. The Labute approximate surface area is 275 Å². The third kappa shape index (κ3) is 6.29. The molecule has 0 saturated carbocycles. The van der Waals surface area contributed by atoms with E-state index in [4.69, 9.17) is 4.74 Å². The molecule has 0 aromatic heterocycles. The smallest absolute Gasteiger partial charge is 0.311 e. The maximum atomic E-state index is 13.3. The molecule has 2 aliphatic heterocycles. The highest BCUT2D eigenvalue weighted by atomic mass is 16.6. The Morgan fingerprint density at radius 2 is 1.49 bits per heavy atom. The number of ether oxygens (including phenoxy) is 1. The van der Waals surface area contributed by atoms with Crippen LogP contribution in [0.4, 0.5) is 5.69 Å². The van der Waals surface area contributed by atoms with E-state index in [9.17, 15) is 29.9 Å². The average Bonchev–Trinajstić information content (AvgIpc) is 3.07. The van der Waals surface area contributed by atoms with Crippen LogP contribution in [0.5, 0.6) is 0 Å². The van der Waals surface area contributed by atoms with Gasteiger partial charge in [0, 0.05) is 48.7 Å². The van der Waals surface area contributed by atoms with Gasteiger partial charge < -0.3 is 25.2 Å². The number of nitrogens with zero attached hydrogens (tertiary/aromatic N) is 2. The van der Waals surface area contributed by atoms with Crippen molar-refractivity contribution in [2.45, 2.75) is 63.5 Å². The molecule has 3 aromatic carbocycles. The third-order valence-corrected chi connectivity index (χ3v) is 11.1. The highest BCUT2D eigenvalue weighted by Gasteiger charge is 2.65. The molecule has 0 amide bonds. The maximum Gasteiger partial charge on any atom is 0.311 e. The van der Waals surface area contributed by atoms with Crippen molar-refractivity contribution in [3.63, 3.8) is 0 Å². The number of carbonyl (C=O) groups is 2. The van der Waals surface area contributed by atoms with Crippen molar-refractivity contribution in [2.75, 3.05) is 32.8 Å². The number of non-ortho nitro benzene ring substituents is 1. The molecule has 3 aromatic rings. The zero-order valence-corrected chi connectivity index (χ0v) is 27.3. The van der Waals surface area contributed by atoms with Gasteiger partial charge in [0.05, 0.1) is 22.4 Å². The predicted molar refractivity (Wildman–Crippen MR) is 178 cm³/mol. The molecule has 0 spiro atoms. The fraction of sp³-hybridized carbons (Fsp3) is 0.459. The van der Waals surface area contributed by atoms with Crippen LogP contribution in [0.15, 0.2) is 84.9 Å². The Balaban J connectivity index is 1.30. The Morgan fingerprint density at radius 3 is 2.02 bits per heavy atom. The second-order valence-corrected chi connectivity index (χ2v) is 13.3. The van der Waals surface area contributed by atoms with Gasteiger partial charge in [0.15, 0.2) is 0 Å². The lowest BCUT2D eigenvalue weighted by Gasteiger charge is -2.56. The first kappa shape index (κ1) is 34.2. The molecule has 2 heterocycles. The van der Waals surface area contributed by atoms with Crippen molar-refractivity contribution in [2.24, 2.45) is 10.8 Å². The second kappa shape index (κ2) is 13.9. The van der Waals surface area contributed by atoms with Gasteiger partial charge in [-0.3, -0.25) is 19.7 Å². The number of piperidine rings is 2. The lowest BCUT2D eigenvalue weighted by atomic mass is 9.51. The van der Waals surface area contributed by atoms with Crippen LogP contribution in [-0.2, 0) is 19.7 Å². The summed E-state index contributed by atoms with van der Waals surface area (Å²) in [4.78, 5) is 39.6. The summed E-state index contributed by atoms with van der Waals surface area (Å²) in [5.74, 6) is -3.39. The van der Waals surface area contributed by atoms with Gasteiger partial charge in [0.1, 0.15) is 0 Å². The number of benzene rings is 3. The van der Waals surface area contributed by atoms with E-state index in [1.807, 2.05) is 12.1 Å². The first-order chi connectivity index (χ1) is 22.5. The summed E-state index contributed by atoms with van der Waals surface area (Å²) in [6.07, 6.45) is 1.96. The Morgan fingerprint density at radius 1 is 0.894 bits per heavy atom. The lowest BCUT2D eigenvalue weighted by molar-refractivity contribution is -0.385. The number of likely N-dealkylation sites (tertiary alicyclic amines) is 1. The van der Waals surface area contributed by atoms with Gasteiger partial charge in [-0.1, -0.05) is 72.8 Å². The van der Waals surface area contributed by atoms with Crippen LogP contribution in [0.2, 0.25) is 0 Å². The first-order valence-corrected chi connectivity index (χ1v) is 16.3. The molecular weight excluding hydrogens is 598 g/mol. The lowest BCUT2D eigenvalue weighted by Crippen LogP contribution is -2.69. The Hall–Kier alpha value is -4.12. The first-order valence-electron chi connectivity index (χ1n) is 16.3. The van der Waals surface area contributed by atoms with E-state index in [1.165, 1.54) is 36.2 Å². The van der Waals surface area contributed by atoms with Crippen molar-refractivity contribution in [3.05, 3.63) is 112 Å². The normalized spacial score (nSPS) is 27.6. The summed E-state index contributed by atoms with van der Waals surface area (Å²) in [6.45, 7) is 7.95. The molecule has 10 nitrogen and oxygen atoms in total. The van der Waals surface area contributed by atoms with Gasteiger partial charge in [-0.15, -0.1) is 0 Å². The molecule has 2 saturated heterocycles. The second-order valence-electron chi connectivity index (χ2n) is 13.3. The topological polar surface area (TPSA) is 142 Å². The van der Waals surface area contributed by atoms with Crippen molar-refractivity contribution in [3.8, 4) is 0 Å². The van der Waals surface area contributed by atoms with E-state index in [-0.39, 0.29) is 24.1 Å². The zero-order valence-electron chi connectivity index (χ0n) is 27.3. The molecule has 5 unspecified atom stereocenters. The fourth-order valence-corrected chi connectivity index (χ4v) is 8.23. The summed E-state index contributed by atoms with van der Waals surface area (Å²) in [5, 5.41) is 36.2. The van der Waals surface area contributed by atoms with Gasteiger partial charge in [0.2, 0.25) is 0 Å². The van der Waals surface area contributed by atoms with Gasteiger partial charge >= 0.3 is 11.9 Å². The monoisotopic (exact) mass is 643 g/mol. The SMILES string of the molecule is CC1NC(C)C(CCOCCN2CCC(c3ccccc3)(c3ccccc3)CC2)(C(=O)O)C(c2cccc([N+](=O)[O-])c2)C1(C)C(=O)O. The molecule has 5 atom stereocenters. The summed E-state index contributed by atoms with van der Waals surface area (Å²) in [7, 11) is 0. The van der Waals surface area contributed by atoms with Crippen LogP contribution in [0.25, 0.3) is 0 Å². The molecule has 250 valence electrons. The molecule has 47 heavy (non-hydrogen) atoms. The Bertz CT molecular complexity index is 1520. The molecule has 0 radical (unpaired) electrons. The van der Waals surface area contributed by atoms with Crippen molar-refractivity contribution >= 4 is 17.6 Å². The fourth-order valence-electron chi connectivity index (χ4n) is 8.23. The maximum absolute atomic E-state index is 13.3. The van der Waals surface area contributed by atoms with E-state index in [0.29, 0.717) is 18.7 Å². The molecule has 10 heteroatoms. The van der Waals surface area contributed by atoms with Crippen LogP contribution >= 0.6 is 0 Å². The van der Waals surface area contributed by atoms with Crippen LogP contribution in [0, 0.1) is 20.9 Å². The van der Waals surface area contributed by atoms with E-state index in [2.05, 4.69) is 58.7 Å². The molecule has 0 bridgehead atoms. The number of hydrogen-bond acceptors (Lipinski definition) is 7. The predicted octanol–water partition coefficient (Wildman–Crippen LogP) is 5.71. The zero-order chi connectivity index (χ0) is 33.8. The number of nitro benzene ring substituents is 1. The minimum absolute atomic E-state index is 0.0323.